The molecule has 12 heteroatoms. The fourth-order valence-electron chi connectivity index (χ4n) is 6.31. The summed E-state index contributed by atoms with van der Waals surface area (Å²) < 4.78 is 22.2. The predicted octanol–water partition coefficient (Wildman–Crippen LogP) is 8.29. The van der Waals surface area contributed by atoms with E-state index < -0.39 is 9.85 Å². The monoisotopic (exact) mass is 638 g/mol. The lowest BCUT2D eigenvalue weighted by Crippen LogP contribution is -2.40. The molecule has 0 aliphatic heterocycles. The Bertz CT molecular complexity index is 1580. The highest BCUT2D eigenvalue weighted by Gasteiger charge is 2.54. The molecule has 0 saturated heterocycles. The molecule has 5 rings (SSSR count). The number of halogens is 2. The van der Waals surface area contributed by atoms with Gasteiger partial charge in [-0.15, -0.1) is 0 Å². The van der Waals surface area contributed by atoms with E-state index in [2.05, 4.69) is 0 Å². The van der Waals surface area contributed by atoms with Crippen molar-refractivity contribution in [2.45, 2.75) is 23.7 Å². The van der Waals surface area contributed by atoms with Crippen LogP contribution in [-0.2, 0) is 0 Å². The molecule has 228 valence electrons. The molecule has 0 atom stereocenters. The average Bonchev–Trinajstić information content (AvgIpc) is 3.02. The van der Waals surface area contributed by atoms with Crippen molar-refractivity contribution in [2.24, 2.45) is 0 Å². The van der Waals surface area contributed by atoms with Crippen molar-refractivity contribution in [3.8, 4) is 23.0 Å². The lowest BCUT2D eigenvalue weighted by molar-refractivity contribution is -0.385. The van der Waals surface area contributed by atoms with Gasteiger partial charge in [-0.25, -0.2) is 0 Å². The first-order valence-corrected chi connectivity index (χ1v) is 14.2. The van der Waals surface area contributed by atoms with E-state index >= 15 is 0 Å². The topological polar surface area (TPSA) is 123 Å². The second-order valence-electron chi connectivity index (χ2n) is 10.2. The molecule has 1 saturated carbocycles. The first-order chi connectivity index (χ1) is 21.2. The van der Waals surface area contributed by atoms with Crippen molar-refractivity contribution in [3.63, 3.8) is 0 Å². The molecule has 0 bridgehead atoms. The number of hydrogen-bond donors (Lipinski definition) is 0. The zero-order valence-electron chi connectivity index (χ0n) is 24.2. The van der Waals surface area contributed by atoms with Gasteiger partial charge in [-0.3, -0.25) is 20.2 Å². The van der Waals surface area contributed by atoms with E-state index in [1.54, 1.807) is 36.4 Å². The Morgan fingerprint density at radius 1 is 0.523 bits per heavy atom. The van der Waals surface area contributed by atoms with Crippen molar-refractivity contribution in [2.75, 3.05) is 28.4 Å². The number of hydrogen-bond acceptors (Lipinski definition) is 8. The number of nitro benzene ring substituents is 2. The van der Waals surface area contributed by atoms with Crippen LogP contribution in [0, 0.1) is 20.2 Å². The van der Waals surface area contributed by atoms with Crippen LogP contribution in [-0.4, -0.2) is 38.3 Å². The molecule has 0 spiro atoms. The molecule has 1 fully saturated rings. The minimum atomic E-state index is -0.449. The number of nitrogens with zero attached hydrogens (tertiary/aromatic N) is 2. The Labute approximate surface area is 263 Å². The van der Waals surface area contributed by atoms with Crippen LogP contribution in [0.15, 0.2) is 72.8 Å². The van der Waals surface area contributed by atoms with Crippen LogP contribution >= 0.6 is 23.2 Å². The molecule has 0 N–H and O–H groups in total. The normalized spacial score (nSPS) is 19.0. The third-order valence-corrected chi connectivity index (χ3v) is 9.05. The quantitative estimate of drug-likeness (QED) is 0.125. The molecule has 0 aromatic heterocycles. The second-order valence-corrected chi connectivity index (χ2v) is 11.0. The molecule has 44 heavy (non-hydrogen) atoms. The van der Waals surface area contributed by atoms with Crippen molar-refractivity contribution >= 4 is 34.6 Å². The molecule has 4 aromatic carbocycles. The molecule has 0 radical (unpaired) electrons. The van der Waals surface area contributed by atoms with Gasteiger partial charge >= 0.3 is 0 Å². The highest BCUT2D eigenvalue weighted by molar-refractivity contribution is 6.33. The van der Waals surface area contributed by atoms with Gasteiger partial charge in [-0.05, 0) is 46.2 Å². The number of methoxy groups -OCH3 is 4. The summed E-state index contributed by atoms with van der Waals surface area (Å²) >= 11 is 14.0. The van der Waals surface area contributed by atoms with Crippen LogP contribution in [0.1, 0.15) is 45.9 Å². The zero-order chi connectivity index (χ0) is 31.7. The van der Waals surface area contributed by atoms with E-state index in [9.17, 15) is 20.2 Å². The molecule has 0 unspecified atom stereocenters. The first-order valence-electron chi connectivity index (χ1n) is 13.5. The van der Waals surface area contributed by atoms with E-state index in [1.807, 2.05) is 12.1 Å². The second kappa shape index (κ2) is 12.6. The smallest absolute Gasteiger partial charge is 0.269 e. The highest BCUT2D eigenvalue weighted by atomic mass is 35.5. The van der Waals surface area contributed by atoms with Crippen molar-refractivity contribution in [1.29, 1.82) is 0 Å². The standard InChI is InChI=1S/C32H28Cl2N2O8/c1-41-23-15-13-21(29(33)31(23)43-3)27-25(17-5-9-19(10-6-17)35(37)38)28(22-14-16-24(42-2)32(44-4)30(22)34)26(27)18-7-11-20(12-8-18)36(39)40/h5-16,25-28H,1-4H3. The predicted molar refractivity (Wildman–Crippen MR) is 166 cm³/mol. The fourth-order valence-corrected chi connectivity index (χ4v) is 7.03. The van der Waals surface area contributed by atoms with Crippen LogP contribution in [0.3, 0.4) is 0 Å². The van der Waals surface area contributed by atoms with E-state index in [4.69, 9.17) is 42.1 Å². The van der Waals surface area contributed by atoms with Crippen molar-refractivity contribution in [1.82, 2.24) is 0 Å². The van der Waals surface area contributed by atoms with Crippen LogP contribution < -0.4 is 18.9 Å². The number of benzene rings is 4. The Balaban J connectivity index is 1.78. The maximum absolute atomic E-state index is 11.5. The van der Waals surface area contributed by atoms with Gasteiger partial charge in [-0.2, -0.15) is 0 Å². The summed E-state index contributed by atoms with van der Waals surface area (Å²) in [6.45, 7) is 0. The molecule has 1 aliphatic carbocycles. The summed E-state index contributed by atoms with van der Waals surface area (Å²) in [6, 6.07) is 20.1. The molecule has 10 nitrogen and oxygen atoms in total. The average molecular weight is 639 g/mol. The maximum atomic E-state index is 11.5. The van der Waals surface area contributed by atoms with Crippen molar-refractivity contribution < 1.29 is 28.8 Å². The molecule has 4 aromatic rings. The molecule has 0 amide bonds. The minimum Gasteiger partial charge on any atom is -0.493 e. The summed E-state index contributed by atoms with van der Waals surface area (Å²) in [5.41, 5.74) is 3.07. The maximum Gasteiger partial charge on any atom is 0.269 e. The lowest BCUT2D eigenvalue weighted by atomic mass is 9.49. The van der Waals surface area contributed by atoms with Crippen LogP contribution in [0.2, 0.25) is 10.0 Å². The zero-order valence-corrected chi connectivity index (χ0v) is 25.7. The van der Waals surface area contributed by atoms with Crippen LogP contribution in [0.5, 0.6) is 23.0 Å². The third-order valence-electron chi connectivity index (χ3n) is 8.27. The Kier molecular flexibility index (Phi) is 8.85. The Morgan fingerprint density at radius 3 is 1.14 bits per heavy atom. The van der Waals surface area contributed by atoms with E-state index in [-0.39, 0.29) is 35.0 Å². The van der Waals surface area contributed by atoms with Gasteiger partial charge < -0.3 is 18.9 Å². The fraction of sp³-hybridized carbons (Fsp3) is 0.250. The minimum absolute atomic E-state index is 0.0404. The summed E-state index contributed by atoms with van der Waals surface area (Å²) in [5, 5.41) is 23.7. The number of non-ortho nitro benzene ring substituents is 2. The van der Waals surface area contributed by atoms with Gasteiger partial charge in [0.1, 0.15) is 0 Å². The first kappa shape index (κ1) is 30.9. The summed E-state index contributed by atoms with van der Waals surface area (Å²) in [6.07, 6.45) is 0. The van der Waals surface area contributed by atoms with Crippen LogP contribution in [0.25, 0.3) is 0 Å². The number of ether oxygens (including phenoxy) is 4. The van der Waals surface area contributed by atoms with Crippen molar-refractivity contribution in [3.05, 3.63) is 125 Å². The molecular weight excluding hydrogens is 611 g/mol. The lowest BCUT2D eigenvalue weighted by Gasteiger charge is -2.54. The third kappa shape index (κ3) is 5.24. The SMILES string of the molecule is COc1ccc(C2C(c3ccc([N+](=O)[O-])cc3)C(c3ccc(OC)c(OC)c3Cl)C2c2ccc([N+](=O)[O-])cc2)c(Cl)c1OC. The van der Waals surface area contributed by atoms with Gasteiger partial charge in [0.05, 0.1) is 48.3 Å². The van der Waals surface area contributed by atoms with E-state index in [0.29, 0.717) is 33.0 Å². The summed E-state index contributed by atoms with van der Waals surface area (Å²) in [4.78, 5) is 22.0. The van der Waals surface area contributed by atoms with E-state index in [0.717, 1.165) is 22.3 Å². The van der Waals surface area contributed by atoms with Gasteiger partial charge in [0.15, 0.2) is 23.0 Å². The highest BCUT2D eigenvalue weighted by Crippen LogP contribution is 2.69. The summed E-state index contributed by atoms with van der Waals surface area (Å²) in [7, 11) is 6.04. The summed E-state index contributed by atoms with van der Waals surface area (Å²) in [5.74, 6) is 0.453. The Morgan fingerprint density at radius 2 is 0.864 bits per heavy atom. The Hall–Kier alpha value is -4.54. The van der Waals surface area contributed by atoms with Gasteiger partial charge in [-0.1, -0.05) is 59.6 Å². The van der Waals surface area contributed by atoms with Gasteiger partial charge in [0.25, 0.3) is 11.4 Å². The molecular formula is C32H28Cl2N2O8. The largest absolute Gasteiger partial charge is 0.493 e. The van der Waals surface area contributed by atoms with Crippen LogP contribution in [0.4, 0.5) is 11.4 Å². The number of nitro groups is 2. The number of rotatable bonds is 10. The van der Waals surface area contributed by atoms with E-state index in [1.165, 1.54) is 52.7 Å². The van der Waals surface area contributed by atoms with Gasteiger partial charge in [0, 0.05) is 36.1 Å². The molecule has 0 heterocycles. The van der Waals surface area contributed by atoms with Gasteiger partial charge in [0.2, 0.25) is 0 Å². The molecule has 1 aliphatic rings.